The van der Waals surface area contributed by atoms with Crippen LogP contribution in [0.5, 0.6) is 5.88 Å². The maximum atomic E-state index is 13.3. The quantitative estimate of drug-likeness (QED) is 0.265. The number of fused-ring (bicyclic) bond motifs is 1. The van der Waals surface area contributed by atoms with Crippen molar-refractivity contribution in [3.05, 3.63) is 59.7 Å². The lowest BCUT2D eigenvalue weighted by molar-refractivity contribution is 0.397. The number of halogens is 2. The number of ether oxygens (including phenoxy) is 1. The van der Waals surface area contributed by atoms with Gasteiger partial charge in [-0.3, -0.25) is 0 Å². The van der Waals surface area contributed by atoms with Crippen molar-refractivity contribution >= 4 is 40.8 Å². The maximum Gasteiger partial charge on any atom is 0.213 e. The second-order valence-electron chi connectivity index (χ2n) is 6.08. The van der Waals surface area contributed by atoms with Crippen molar-refractivity contribution in [3.8, 4) is 5.88 Å². The minimum Gasteiger partial charge on any atom is -0.481 e. The first-order valence-electron chi connectivity index (χ1n) is 8.96. The summed E-state index contributed by atoms with van der Waals surface area (Å²) in [4.78, 5) is 11.8. The molecule has 2 heterocycles. The summed E-state index contributed by atoms with van der Waals surface area (Å²) in [6, 6.07) is 8.60. The first-order chi connectivity index (χ1) is 13.2. The van der Waals surface area contributed by atoms with Crippen molar-refractivity contribution in [2.24, 2.45) is 4.99 Å². The van der Waals surface area contributed by atoms with Crippen LogP contribution in [-0.4, -0.2) is 36.1 Å². The van der Waals surface area contributed by atoms with E-state index in [1.165, 1.54) is 12.1 Å². The predicted octanol–water partition coefficient (Wildman–Crippen LogP) is 3.63. The van der Waals surface area contributed by atoms with E-state index in [4.69, 9.17) is 4.74 Å². The average Bonchev–Trinajstić information content (AvgIpc) is 3.08. The number of hydrogen-bond acceptors (Lipinski definition) is 3. The molecule has 0 aliphatic heterocycles. The fourth-order valence-electron chi connectivity index (χ4n) is 2.85. The van der Waals surface area contributed by atoms with E-state index in [1.54, 1.807) is 13.3 Å². The summed E-state index contributed by atoms with van der Waals surface area (Å²) < 4.78 is 18.4. The Morgan fingerprint density at radius 1 is 1.25 bits per heavy atom. The third kappa shape index (κ3) is 5.82. The number of benzene rings is 1. The Hall–Kier alpha value is -2.36. The van der Waals surface area contributed by atoms with Crippen molar-refractivity contribution < 1.29 is 9.13 Å². The van der Waals surface area contributed by atoms with Gasteiger partial charge in [0.2, 0.25) is 5.88 Å². The van der Waals surface area contributed by atoms with E-state index in [1.807, 2.05) is 31.3 Å². The monoisotopic (exact) mass is 497 g/mol. The number of nitrogens with zero attached hydrogens (tertiary/aromatic N) is 2. The van der Waals surface area contributed by atoms with Gasteiger partial charge in [0, 0.05) is 42.5 Å². The molecule has 0 aliphatic rings. The number of methoxy groups -OCH3 is 1. The summed E-state index contributed by atoms with van der Waals surface area (Å²) in [6.07, 6.45) is 4.45. The van der Waals surface area contributed by atoms with Crippen LogP contribution in [0.1, 0.15) is 18.1 Å². The van der Waals surface area contributed by atoms with Gasteiger partial charge in [0.1, 0.15) is 5.82 Å². The topological polar surface area (TPSA) is 74.3 Å². The zero-order chi connectivity index (χ0) is 19.1. The highest BCUT2D eigenvalue weighted by Gasteiger charge is 2.05. The first kappa shape index (κ1) is 21.9. The third-order valence-corrected chi connectivity index (χ3v) is 4.19. The standard InChI is InChI=1S/C20H24FN5O.HI/c1-3-22-20(26-12-14-6-8-23-19(10-14)27-2)24-9-7-15-13-25-18-11-16(21)4-5-17(15)18;/h4-6,8,10-11,13,25H,3,7,9,12H2,1-2H3,(H2,22,24,26);1H. The molecule has 28 heavy (non-hydrogen) atoms. The Balaban J connectivity index is 0.00000280. The Labute approximate surface area is 181 Å². The number of pyridine rings is 1. The molecular weight excluding hydrogens is 472 g/mol. The van der Waals surface area contributed by atoms with Gasteiger partial charge in [-0.15, -0.1) is 24.0 Å². The summed E-state index contributed by atoms with van der Waals surface area (Å²) in [5.74, 6) is 1.10. The largest absolute Gasteiger partial charge is 0.481 e. The van der Waals surface area contributed by atoms with E-state index in [-0.39, 0.29) is 29.8 Å². The number of hydrogen-bond donors (Lipinski definition) is 3. The molecule has 0 spiro atoms. The van der Waals surface area contributed by atoms with E-state index in [2.05, 4.69) is 25.6 Å². The fraction of sp³-hybridized carbons (Fsp3) is 0.300. The van der Waals surface area contributed by atoms with Gasteiger partial charge in [0.25, 0.3) is 0 Å². The van der Waals surface area contributed by atoms with Gasteiger partial charge in [-0.2, -0.15) is 0 Å². The van der Waals surface area contributed by atoms with Crippen LogP contribution in [0.15, 0.2) is 47.7 Å². The van der Waals surface area contributed by atoms with Crippen molar-refractivity contribution in [1.82, 2.24) is 20.6 Å². The first-order valence-corrected chi connectivity index (χ1v) is 8.96. The van der Waals surface area contributed by atoms with E-state index < -0.39 is 0 Å². The van der Waals surface area contributed by atoms with Crippen LogP contribution in [0.3, 0.4) is 0 Å². The van der Waals surface area contributed by atoms with Crippen LogP contribution in [0.25, 0.3) is 10.9 Å². The number of H-pyrrole nitrogens is 1. The molecule has 0 saturated heterocycles. The molecule has 6 nitrogen and oxygen atoms in total. The molecule has 0 unspecified atom stereocenters. The molecule has 3 aromatic rings. The van der Waals surface area contributed by atoms with Gasteiger partial charge < -0.3 is 20.4 Å². The average molecular weight is 497 g/mol. The number of nitrogens with one attached hydrogen (secondary N) is 3. The highest BCUT2D eigenvalue weighted by Crippen LogP contribution is 2.19. The molecule has 0 saturated carbocycles. The molecule has 8 heteroatoms. The summed E-state index contributed by atoms with van der Waals surface area (Å²) >= 11 is 0. The fourth-order valence-corrected chi connectivity index (χ4v) is 2.85. The Kier molecular flexibility index (Phi) is 8.49. The number of aromatic amines is 1. The second-order valence-corrected chi connectivity index (χ2v) is 6.08. The van der Waals surface area contributed by atoms with Gasteiger partial charge in [-0.1, -0.05) is 0 Å². The minimum absolute atomic E-state index is 0. The molecule has 0 amide bonds. The van der Waals surface area contributed by atoms with Crippen molar-refractivity contribution in [2.75, 3.05) is 20.2 Å². The number of aromatic nitrogens is 2. The molecule has 0 fully saturated rings. The van der Waals surface area contributed by atoms with Crippen molar-refractivity contribution in [3.63, 3.8) is 0 Å². The minimum atomic E-state index is -0.233. The van der Waals surface area contributed by atoms with Crippen molar-refractivity contribution in [2.45, 2.75) is 19.9 Å². The smallest absolute Gasteiger partial charge is 0.213 e. The van der Waals surface area contributed by atoms with Crippen LogP contribution in [0, 0.1) is 5.82 Å². The Morgan fingerprint density at radius 2 is 2.11 bits per heavy atom. The molecule has 0 radical (unpaired) electrons. The zero-order valence-corrected chi connectivity index (χ0v) is 18.3. The lowest BCUT2D eigenvalue weighted by atomic mass is 10.1. The Morgan fingerprint density at radius 3 is 2.89 bits per heavy atom. The van der Waals surface area contributed by atoms with E-state index >= 15 is 0 Å². The zero-order valence-electron chi connectivity index (χ0n) is 16.0. The second kappa shape index (κ2) is 10.8. The highest BCUT2D eigenvalue weighted by atomic mass is 127. The van der Waals surface area contributed by atoms with Gasteiger partial charge in [0.15, 0.2) is 5.96 Å². The summed E-state index contributed by atoms with van der Waals surface area (Å²) in [5.41, 5.74) is 2.99. The lowest BCUT2D eigenvalue weighted by Gasteiger charge is -2.11. The lowest BCUT2D eigenvalue weighted by Crippen LogP contribution is -2.38. The third-order valence-electron chi connectivity index (χ3n) is 4.19. The van der Waals surface area contributed by atoms with Crippen molar-refractivity contribution in [1.29, 1.82) is 0 Å². The van der Waals surface area contributed by atoms with Crippen LogP contribution >= 0.6 is 24.0 Å². The summed E-state index contributed by atoms with van der Waals surface area (Å²) in [5, 5.41) is 7.62. The SMILES string of the molecule is CCNC(=NCc1ccnc(OC)c1)NCCc1c[nH]c2cc(F)ccc12.I. The molecule has 2 aromatic heterocycles. The van der Waals surface area contributed by atoms with Gasteiger partial charge in [0.05, 0.1) is 13.7 Å². The highest BCUT2D eigenvalue weighted by molar-refractivity contribution is 14.0. The van der Waals surface area contributed by atoms with Gasteiger partial charge in [-0.05, 0) is 48.7 Å². The maximum absolute atomic E-state index is 13.3. The van der Waals surface area contributed by atoms with E-state index in [9.17, 15) is 4.39 Å². The van der Waals surface area contributed by atoms with Crippen LogP contribution < -0.4 is 15.4 Å². The molecule has 150 valence electrons. The van der Waals surface area contributed by atoms with Crippen LogP contribution in [-0.2, 0) is 13.0 Å². The number of rotatable bonds is 7. The molecule has 1 aromatic carbocycles. The van der Waals surface area contributed by atoms with E-state index in [0.29, 0.717) is 12.4 Å². The van der Waals surface area contributed by atoms with Gasteiger partial charge in [-0.25, -0.2) is 14.4 Å². The Bertz CT molecular complexity index is 928. The van der Waals surface area contributed by atoms with Crippen LogP contribution in [0.4, 0.5) is 4.39 Å². The van der Waals surface area contributed by atoms with E-state index in [0.717, 1.165) is 47.5 Å². The normalized spacial score (nSPS) is 11.2. The molecular formula is C20H25FIN5O. The molecule has 0 atom stereocenters. The molecule has 3 rings (SSSR count). The number of aliphatic imine (C=N–C) groups is 1. The number of guanidine groups is 1. The predicted molar refractivity (Wildman–Crippen MR) is 121 cm³/mol. The summed E-state index contributed by atoms with van der Waals surface area (Å²) in [6.45, 7) is 4.05. The van der Waals surface area contributed by atoms with Gasteiger partial charge >= 0.3 is 0 Å². The molecule has 0 aliphatic carbocycles. The summed E-state index contributed by atoms with van der Waals surface area (Å²) in [7, 11) is 1.60. The van der Waals surface area contributed by atoms with Crippen LogP contribution in [0.2, 0.25) is 0 Å². The molecule has 3 N–H and O–H groups in total. The molecule has 0 bridgehead atoms.